The summed E-state index contributed by atoms with van der Waals surface area (Å²) in [5, 5.41) is 9.21. The molecule has 1 saturated heterocycles. The Kier molecular flexibility index (Phi) is 5.04. The number of carbonyl (C=O) groups is 2. The average molecular weight is 344 g/mol. The topological polar surface area (TPSA) is 81.0 Å². The van der Waals surface area contributed by atoms with Crippen molar-refractivity contribution >= 4 is 12.1 Å². The molecule has 25 heavy (non-hydrogen) atoms. The van der Waals surface area contributed by atoms with Gasteiger partial charge in [-0.05, 0) is 17.7 Å². The van der Waals surface area contributed by atoms with Crippen molar-refractivity contribution in [2.24, 2.45) is 7.05 Å². The number of carbonyl (C=O) groups excluding carboxylic acids is 1. The minimum absolute atomic E-state index is 0.165. The third-order valence-electron chi connectivity index (χ3n) is 4.29. The van der Waals surface area contributed by atoms with E-state index in [0.717, 1.165) is 5.56 Å². The van der Waals surface area contributed by atoms with Crippen LogP contribution >= 0.6 is 0 Å². The molecule has 0 radical (unpaired) electrons. The maximum atomic E-state index is 12.5. The number of morpholine rings is 1. The number of carboxylic acids is 1. The number of nitrogens with zero attached hydrogens (tertiary/aromatic N) is 2. The summed E-state index contributed by atoms with van der Waals surface area (Å²) in [5.41, 5.74) is 1.78. The molecule has 7 nitrogen and oxygen atoms in total. The van der Waals surface area contributed by atoms with E-state index < -0.39 is 12.1 Å². The third kappa shape index (κ3) is 3.66. The van der Waals surface area contributed by atoms with Crippen LogP contribution in [0.15, 0.2) is 42.5 Å². The van der Waals surface area contributed by atoms with Crippen LogP contribution in [0.5, 0.6) is 0 Å². The minimum atomic E-state index is -1.01. The van der Waals surface area contributed by atoms with Crippen molar-refractivity contribution < 1.29 is 24.2 Å². The number of rotatable bonds is 4. The largest absolute Gasteiger partial charge is 0.477 e. The molecule has 0 saturated carbocycles. The molecule has 7 heteroatoms. The van der Waals surface area contributed by atoms with Gasteiger partial charge >= 0.3 is 12.1 Å². The molecular formula is C18H20N2O5. The standard InChI is InChI=1S/C18H20N2O5/c1-19-14(7-8-15(19)17(21)22)16-12-24-10-9-20(16)18(23)25-11-13-5-3-2-4-6-13/h2-8,16H,9-12H2,1H3,(H,21,22). The Morgan fingerprint density at radius 1 is 1.24 bits per heavy atom. The maximum Gasteiger partial charge on any atom is 0.410 e. The molecule has 1 aliphatic rings. The van der Waals surface area contributed by atoms with Crippen LogP contribution in [0.4, 0.5) is 4.79 Å². The highest BCUT2D eigenvalue weighted by atomic mass is 16.6. The molecule has 1 amide bonds. The Labute approximate surface area is 145 Å². The van der Waals surface area contributed by atoms with Gasteiger partial charge in [0.1, 0.15) is 12.3 Å². The number of hydrogen-bond acceptors (Lipinski definition) is 4. The fourth-order valence-electron chi connectivity index (χ4n) is 2.95. The zero-order valence-electron chi connectivity index (χ0n) is 13.9. The van der Waals surface area contributed by atoms with Gasteiger partial charge in [-0.3, -0.25) is 4.90 Å². The van der Waals surface area contributed by atoms with Crippen molar-refractivity contribution in [3.05, 3.63) is 59.4 Å². The first-order valence-corrected chi connectivity index (χ1v) is 8.02. The molecule has 1 N–H and O–H groups in total. The fourth-order valence-corrected chi connectivity index (χ4v) is 2.95. The van der Waals surface area contributed by atoms with Crippen LogP contribution in [0.25, 0.3) is 0 Å². The normalized spacial score (nSPS) is 17.3. The Hall–Kier alpha value is -2.80. The molecule has 2 heterocycles. The quantitative estimate of drug-likeness (QED) is 0.921. The van der Waals surface area contributed by atoms with Gasteiger partial charge in [0, 0.05) is 19.3 Å². The molecule has 132 valence electrons. The summed E-state index contributed by atoms with van der Waals surface area (Å²) in [5.74, 6) is -1.01. The summed E-state index contributed by atoms with van der Waals surface area (Å²) in [4.78, 5) is 25.4. The van der Waals surface area contributed by atoms with Crippen molar-refractivity contribution in [3.63, 3.8) is 0 Å². The van der Waals surface area contributed by atoms with Gasteiger partial charge < -0.3 is 19.1 Å². The van der Waals surface area contributed by atoms with Crippen molar-refractivity contribution in [2.45, 2.75) is 12.6 Å². The Bertz CT molecular complexity index is 756. The lowest BCUT2D eigenvalue weighted by atomic mass is 10.1. The summed E-state index contributed by atoms with van der Waals surface area (Å²) in [6.45, 7) is 1.31. The molecule has 0 spiro atoms. The van der Waals surface area contributed by atoms with Crippen LogP contribution < -0.4 is 0 Å². The predicted octanol–water partition coefficient (Wildman–Crippen LogP) is 2.43. The zero-order valence-corrected chi connectivity index (χ0v) is 13.9. The van der Waals surface area contributed by atoms with Gasteiger partial charge in [-0.15, -0.1) is 0 Å². The summed E-state index contributed by atoms with van der Waals surface area (Å²) in [7, 11) is 1.67. The first kappa shape index (κ1) is 17.0. The Morgan fingerprint density at radius 2 is 2.00 bits per heavy atom. The van der Waals surface area contributed by atoms with E-state index in [1.54, 1.807) is 22.6 Å². The smallest absolute Gasteiger partial charge is 0.410 e. The van der Waals surface area contributed by atoms with Crippen molar-refractivity contribution in [2.75, 3.05) is 19.8 Å². The third-order valence-corrected chi connectivity index (χ3v) is 4.29. The number of aromatic nitrogens is 1. The summed E-state index contributed by atoms with van der Waals surface area (Å²) < 4.78 is 12.5. The molecule has 3 rings (SSSR count). The van der Waals surface area contributed by atoms with Crippen molar-refractivity contribution in [1.29, 1.82) is 0 Å². The number of carboxylic acid groups (broad SMARTS) is 1. The Morgan fingerprint density at radius 3 is 2.68 bits per heavy atom. The number of amides is 1. The maximum absolute atomic E-state index is 12.5. The van der Waals surface area contributed by atoms with Gasteiger partial charge in [0.25, 0.3) is 0 Å². The molecule has 1 aliphatic heterocycles. The lowest BCUT2D eigenvalue weighted by Crippen LogP contribution is -2.44. The molecule has 1 atom stereocenters. The van der Waals surface area contributed by atoms with E-state index >= 15 is 0 Å². The first-order valence-electron chi connectivity index (χ1n) is 8.02. The highest BCUT2D eigenvalue weighted by Gasteiger charge is 2.32. The molecule has 1 fully saturated rings. The highest BCUT2D eigenvalue weighted by molar-refractivity contribution is 5.86. The van der Waals surface area contributed by atoms with Crippen LogP contribution in [0.1, 0.15) is 27.8 Å². The van der Waals surface area contributed by atoms with Crippen LogP contribution in [0.2, 0.25) is 0 Å². The summed E-state index contributed by atoms with van der Waals surface area (Å²) >= 11 is 0. The Balaban J connectivity index is 1.74. The number of ether oxygens (including phenoxy) is 2. The molecule has 0 aliphatic carbocycles. The van der Waals surface area contributed by atoms with Crippen LogP contribution in [-0.2, 0) is 23.1 Å². The second-order valence-electron chi connectivity index (χ2n) is 5.83. The van der Waals surface area contributed by atoms with Gasteiger partial charge in [0.05, 0.1) is 19.3 Å². The van der Waals surface area contributed by atoms with Gasteiger partial charge in [0.2, 0.25) is 0 Å². The predicted molar refractivity (Wildman–Crippen MR) is 89.3 cm³/mol. The number of aromatic carboxylic acids is 1. The van der Waals surface area contributed by atoms with E-state index in [4.69, 9.17) is 9.47 Å². The molecule has 1 aromatic heterocycles. The van der Waals surface area contributed by atoms with E-state index in [0.29, 0.717) is 25.5 Å². The van der Waals surface area contributed by atoms with Crippen molar-refractivity contribution in [3.8, 4) is 0 Å². The second-order valence-corrected chi connectivity index (χ2v) is 5.83. The van der Waals surface area contributed by atoms with E-state index in [-0.39, 0.29) is 18.3 Å². The van der Waals surface area contributed by atoms with Gasteiger partial charge in [0.15, 0.2) is 0 Å². The highest BCUT2D eigenvalue weighted by Crippen LogP contribution is 2.26. The monoisotopic (exact) mass is 344 g/mol. The molecule has 2 aromatic rings. The number of hydrogen-bond donors (Lipinski definition) is 1. The average Bonchev–Trinajstić information content (AvgIpc) is 3.02. The van der Waals surface area contributed by atoms with Gasteiger partial charge in [-0.1, -0.05) is 30.3 Å². The minimum Gasteiger partial charge on any atom is -0.477 e. The first-order chi connectivity index (χ1) is 12.1. The number of benzene rings is 1. The van der Waals surface area contributed by atoms with E-state index in [2.05, 4.69) is 0 Å². The SMILES string of the molecule is Cn1c(C(=O)O)ccc1C1COCCN1C(=O)OCc1ccccc1. The molecule has 0 bridgehead atoms. The lowest BCUT2D eigenvalue weighted by molar-refractivity contribution is -0.0136. The van der Waals surface area contributed by atoms with E-state index in [1.807, 2.05) is 30.3 Å². The van der Waals surface area contributed by atoms with Gasteiger partial charge in [-0.2, -0.15) is 0 Å². The zero-order chi connectivity index (χ0) is 17.8. The summed E-state index contributed by atoms with van der Waals surface area (Å²) in [6, 6.07) is 12.3. The molecule has 1 unspecified atom stereocenters. The molecular weight excluding hydrogens is 324 g/mol. The summed E-state index contributed by atoms with van der Waals surface area (Å²) in [6.07, 6.45) is -0.435. The van der Waals surface area contributed by atoms with E-state index in [9.17, 15) is 14.7 Å². The van der Waals surface area contributed by atoms with Crippen LogP contribution in [0.3, 0.4) is 0 Å². The van der Waals surface area contributed by atoms with E-state index in [1.165, 1.54) is 6.07 Å². The fraction of sp³-hybridized carbons (Fsp3) is 0.333. The van der Waals surface area contributed by atoms with Crippen LogP contribution in [-0.4, -0.2) is 46.4 Å². The van der Waals surface area contributed by atoms with Crippen LogP contribution in [0, 0.1) is 0 Å². The van der Waals surface area contributed by atoms with Gasteiger partial charge in [-0.25, -0.2) is 9.59 Å². The molecule has 1 aromatic carbocycles. The van der Waals surface area contributed by atoms with Crippen molar-refractivity contribution in [1.82, 2.24) is 9.47 Å². The lowest BCUT2D eigenvalue weighted by Gasteiger charge is -2.35. The second kappa shape index (κ2) is 7.40.